The lowest BCUT2D eigenvalue weighted by atomic mass is 9.96. The number of aromatic nitrogens is 2. The van der Waals surface area contributed by atoms with Crippen LogP contribution in [-0.2, 0) is 0 Å². The second-order valence-corrected chi connectivity index (χ2v) is 8.28. The second kappa shape index (κ2) is 8.27. The van der Waals surface area contributed by atoms with Gasteiger partial charge < -0.3 is 15.4 Å². The summed E-state index contributed by atoms with van der Waals surface area (Å²) in [6, 6.07) is 7.45. The maximum absolute atomic E-state index is 12.7. The van der Waals surface area contributed by atoms with Crippen molar-refractivity contribution in [3.05, 3.63) is 47.3 Å². The highest BCUT2D eigenvalue weighted by Gasteiger charge is 2.42. The molecule has 154 valence electrons. The molecule has 0 spiro atoms. The van der Waals surface area contributed by atoms with Crippen LogP contribution in [0.3, 0.4) is 0 Å². The molecule has 2 aliphatic rings. The number of hydrogen-bond donors (Lipinski definition) is 3. The summed E-state index contributed by atoms with van der Waals surface area (Å²) in [6.45, 7) is 3.04. The minimum absolute atomic E-state index is 0.0791. The Balaban J connectivity index is 1.26. The van der Waals surface area contributed by atoms with Gasteiger partial charge in [-0.2, -0.15) is 5.10 Å². The van der Waals surface area contributed by atoms with E-state index in [2.05, 4.69) is 20.8 Å². The van der Waals surface area contributed by atoms with Gasteiger partial charge in [0.05, 0.1) is 17.9 Å². The Hall–Kier alpha value is -2.83. The van der Waals surface area contributed by atoms with Crippen molar-refractivity contribution in [3.8, 4) is 5.75 Å². The van der Waals surface area contributed by atoms with Gasteiger partial charge in [-0.1, -0.05) is 12.1 Å². The standard InChI is InChI=1S/C22H28N4O3/c1-15-13-25-26-19(15)21(28)23-12-11-22(9-10-22)14-24-20(27)17-7-2-3-8-18(17)29-16-5-4-6-16/h2-3,7-8,13,16H,4-6,9-12,14H2,1H3,(H,23,28)(H,24,27)(H,25,26). The molecule has 0 saturated heterocycles. The first kappa shape index (κ1) is 19.5. The van der Waals surface area contributed by atoms with Crippen LogP contribution in [0.1, 0.15) is 64.9 Å². The van der Waals surface area contributed by atoms with Crippen LogP contribution in [-0.4, -0.2) is 41.2 Å². The van der Waals surface area contributed by atoms with E-state index in [-0.39, 0.29) is 23.3 Å². The number of amides is 2. The number of para-hydroxylation sites is 1. The minimum Gasteiger partial charge on any atom is -0.490 e. The van der Waals surface area contributed by atoms with E-state index in [4.69, 9.17) is 4.74 Å². The third-order valence-corrected chi connectivity index (χ3v) is 6.06. The van der Waals surface area contributed by atoms with Crippen LogP contribution in [0.4, 0.5) is 0 Å². The summed E-state index contributed by atoms with van der Waals surface area (Å²) < 4.78 is 5.97. The molecule has 1 heterocycles. The Labute approximate surface area is 170 Å². The number of aryl methyl sites for hydroxylation is 1. The van der Waals surface area contributed by atoms with Gasteiger partial charge in [0, 0.05) is 13.1 Å². The lowest BCUT2D eigenvalue weighted by Gasteiger charge is -2.27. The van der Waals surface area contributed by atoms with Crippen molar-refractivity contribution >= 4 is 11.8 Å². The molecule has 29 heavy (non-hydrogen) atoms. The molecule has 2 amide bonds. The Kier molecular flexibility index (Phi) is 5.56. The maximum atomic E-state index is 12.7. The van der Waals surface area contributed by atoms with E-state index in [1.165, 1.54) is 6.42 Å². The van der Waals surface area contributed by atoms with Gasteiger partial charge in [0.2, 0.25) is 0 Å². The number of nitrogens with one attached hydrogen (secondary N) is 3. The van der Waals surface area contributed by atoms with Crippen LogP contribution in [0.25, 0.3) is 0 Å². The van der Waals surface area contributed by atoms with Crippen molar-refractivity contribution < 1.29 is 14.3 Å². The smallest absolute Gasteiger partial charge is 0.269 e. The van der Waals surface area contributed by atoms with Crippen molar-refractivity contribution in [1.29, 1.82) is 0 Å². The molecule has 0 radical (unpaired) electrons. The van der Waals surface area contributed by atoms with E-state index < -0.39 is 0 Å². The van der Waals surface area contributed by atoms with Crippen LogP contribution in [0.15, 0.2) is 30.5 Å². The lowest BCUT2D eigenvalue weighted by molar-refractivity contribution is 0.0909. The quantitative estimate of drug-likeness (QED) is 0.607. The molecular weight excluding hydrogens is 368 g/mol. The molecule has 0 unspecified atom stereocenters. The zero-order valence-corrected chi connectivity index (χ0v) is 16.8. The lowest BCUT2D eigenvalue weighted by Crippen LogP contribution is -2.34. The number of H-pyrrole nitrogens is 1. The highest BCUT2D eigenvalue weighted by Crippen LogP contribution is 2.48. The number of hydrogen-bond acceptors (Lipinski definition) is 4. The molecule has 7 heteroatoms. The molecule has 2 aliphatic carbocycles. The Morgan fingerprint density at radius 3 is 2.66 bits per heavy atom. The zero-order valence-electron chi connectivity index (χ0n) is 16.8. The SMILES string of the molecule is Cc1cn[nH]c1C(=O)NCCC1(CNC(=O)c2ccccc2OC2CCC2)CC1. The normalized spacial score (nSPS) is 17.3. The van der Waals surface area contributed by atoms with E-state index in [0.29, 0.717) is 30.1 Å². The van der Waals surface area contributed by atoms with Crippen molar-refractivity contribution in [3.63, 3.8) is 0 Å². The van der Waals surface area contributed by atoms with E-state index >= 15 is 0 Å². The molecule has 0 bridgehead atoms. The van der Waals surface area contributed by atoms with Crippen LogP contribution in [0.5, 0.6) is 5.75 Å². The summed E-state index contributed by atoms with van der Waals surface area (Å²) in [4.78, 5) is 24.9. The Morgan fingerprint density at radius 2 is 2.00 bits per heavy atom. The summed E-state index contributed by atoms with van der Waals surface area (Å²) in [5.74, 6) is 0.437. The van der Waals surface area contributed by atoms with Crippen molar-refractivity contribution in [2.24, 2.45) is 5.41 Å². The highest BCUT2D eigenvalue weighted by atomic mass is 16.5. The molecule has 0 aliphatic heterocycles. The summed E-state index contributed by atoms with van der Waals surface area (Å²) in [5, 5.41) is 12.6. The largest absolute Gasteiger partial charge is 0.490 e. The molecule has 4 rings (SSSR count). The van der Waals surface area contributed by atoms with Crippen LogP contribution in [0, 0.1) is 12.3 Å². The number of nitrogens with zero attached hydrogens (tertiary/aromatic N) is 1. The van der Waals surface area contributed by atoms with Gasteiger partial charge in [0.1, 0.15) is 11.4 Å². The summed E-state index contributed by atoms with van der Waals surface area (Å²) in [6.07, 6.45) is 8.15. The van der Waals surface area contributed by atoms with Gasteiger partial charge in [0.15, 0.2) is 0 Å². The van der Waals surface area contributed by atoms with Gasteiger partial charge in [-0.3, -0.25) is 14.7 Å². The third kappa shape index (κ3) is 4.60. The van der Waals surface area contributed by atoms with Crippen molar-refractivity contribution in [1.82, 2.24) is 20.8 Å². The first-order valence-electron chi connectivity index (χ1n) is 10.4. The summed E-state index contributed by atoms with van der Waals surface area (Å²) >= 11 is 0. The van der Waals surface area contributed by atoms with Crippen LogP contribution < -0.4 is 15.4 Å². The minimum atomic E-state index is -0.137. The van der Waals surface area contributed by atoms with Gasteiger partial charge >= 0.3 is 0 Å². The van der Waals surface area contributed by atoms with Crippen molar-refractivity contribution in [2.45, 2.75) is 51.6 Å². The maximum Gasteiger partial charge on any atom is 0.269 e. The van der Waals surface area contributed by atoms with Crippen molar-refractivity contribution in [2.75, 3.05) is 13.1 Å². The molecule has 1 aromatic heterocycles. The van der Waals surface area contributed by atoms with E-state index in [9.17, 15) is 9.59 Å². The summed E-state index contributed by atoms with van der Waals surface area (Å²) in [5.41, 5.74) is 2.01. The summed E-state index contributed by atoms with van der Waals surface area (Å²) in [7, 11) is 0. The molecule has 2 aromatic rings. The molecule has 1 aromatic carbocycles. The number of rotatable bonds is 9. The van der Waals surface area contributed by atoms with Crippen LogP contribution >= 0.6 is 0 Å². The zero-order chi connectivity index (χ0) is 20.3. The molecule has 2 fully saturated rings. The van der Waals surface area contributed by atoms with E-state index in [0.717, 1.165) is 37.7 Å². The first-order chi connectivity index (χ1) is 14.1. The topological polar surface area (TPSA) is 96.1 Å². The first-order valence-corrected chi connectivity index (χ1v) is 10.4. The fraction of sp³-hybridized carbons (Fsp3) is 0.500. The molecule has 2 saturated carbocycles. The van der Waals surface area contributed by atoms with Gasteiger partial charge in [-0.15, -0.1) is 0 Å². The highest BCUT2D eigenvalue weighted by molar-refractivity contribution is 5.97. The predicted octanol–water partition coefficient (Wildman–Crippen LogP) is 2.98. The van der Waals surface area contributed by atoms with E-state index in [1.807, 2.05) is 31.2 Å². The number of benzene rings is 1. The average Bonchev–Trinajstić information content (AvgIpc) is 3.33. The number of carbonyl (C=O) groups excluding carboxylic acids is 2. The molecular formula is C22H28N4O3. The number of aromatic amines is 1. The van der Waals surface area contributed by atoms with Gasteiger partial charge in [-0.25, -0.2) is 0 Å². The fourth-order valence-electron chi connectivity index (χ4n) is 3.59. The van der Waals surface area contributed by atoms with Gasteiger partial charge in [-0.05, 0) is 68.6 Å². The predicted molar refractivity (Wildman–Crippen MR) is 109 cm³/mol. The fourth-order valence-corrected chi connectivity index (χ4v) is 3.59. The van der Waals surface area contributed by atoms with Gasteiger partial charge in [0.25, 0.3) is 11.8 Å². The molecule has 0 atom stereocenters. The second-order valence-electron chi connectivity index (χ2n) is 8.28. The Morgan fingerprint density at radius 1 is 1.21 bits per heavy atom. The average molecular weight is 396 g/mol. The monoisotopic (exact) mass is 396 g/mol. The molecule has 3 N–H and O–H groups in total. The number of carbonyl (C=O) groups is 2. The van der Waals surface area contributed by atoms with E-state index in [1.54, 1.807) is 6.20 Å². The third-order valence-electron chi connectivity index (χ3n) is 6.06. The number of ether oxygens (including phenoxy) is 1. The molecule has 7 nitrogen and oxygen atoms in total. The van der Waals surface area contributed by atoms with Crippen LogP contribution in [0.2, 0.25) is 0 Å². The Bertz CT molecular complexity index is 884.